The standard InChI is InChI=1S/C37H31N/c1-24-21-22-38-35(23-24)26-17-19-27(20-18-26)36-31-10-3-5-12-33(31)37(34-13-6-4-11-32(34)36)30-16-8-14-28-25(2)9-7-15-29(28)30/h3-17,19,21,23,38H,18,20,22H2,1-2H3. The number of nitrogens with one attached hydrogen (secondary N) is 1. The summed E-state index contributed by atoms with van der Waals surface area (Å²) in [6.07, 6.45) is 11.3. The lowest BCUT2D eigenvalue weighted by Gasteiger charge is -2.23. The summed E-state index contributed by atoms with van der Waals surface area (Å²) in [5, 5.41) is 11.5. The van der Waals surface area contributed by atoms with Crippen molar-refractivity contribution in [2.24, 2.45) is 0 Å². The summed E-state index contributed by atoms with van der Waals surface area (Å²) in [6.45, 7) is 5.30. The Morgan fingerprint density at radius 2 is 1.13 bits per heavy atom. The molecule has 2 aliphatic rings. The lowest BCUT2D eigenvalue weighted by atomic mass is 9.82. The average molecular weight is 490 g/mol. The minimum atomic E-state index is 0.913. The zero-order valence-electron chi connectivity index (χ0n) is 22.0. The molecule has 1 aliphatic carbocycles. The van der Waals surface area contributed by atoms with Crippen LogP contribution in [0.4, 0.5) is 0 Å². The second-order valence-electron chi connectivity index (χ2n) is 10.6. The zero-order valence-corrected chi connectivity index (χ0v) is 22.0. The fraction of sp³-hybridized carbons (Fsp3) is 0.135. The Labute approximate surface area is 224 Å². The van der Waals surface area contributed by atoms with E-state index >= 15 is 0 Å². The highest BCUT2D eigenvalue weighted by molar-refractivity contribution is 6.21. The molecule has 7 rings (SSSR count). The molecule has 0 saturated carbocycles. The van der Waals surface area contributed by atoms with Crippen LogP contribution >= 0.6 is 0 Å². The Morgan fingerprint density at radius 1 is 0.553 bits per heavy atom. The minimum absolute atomic E-state index is 0.913. The summed E-state index contributed by atoms with van der Waals surface area (Å²) in [4.78, 5) is 0. The van der Waals surface area contributed by atoms with E-state index in [2.05, 4.69) is 128 Å². The summed E-state index contributed by atoms with van der Waals surface area (Å²) >= 11 is 0. The number of aryl methyl sites for hydroxylation is 1. The van der Waals surface area contributed by atoms with E-state index in [9.17, 15) is 0 Å². The van der Waals surface area contributed by atoms with Crippen molar-refractivity contribution in [2.75, 3.05) is 6.54 Å². The Morgan fingerprint density at radius 3 is 1.79 bits per heavy atom. The first-order chi connectivity index (χ1) is 18.7. The van der Waals surface area contributed by atoms with E-state index in [0.29, 0.717) is 0 Å². The SMILES string of the molecule is CC1=CCNC(C2=CC=C(c3c4ccccc4c(-c4cccc5c(C)cccc45)c4ccccc34)CC2)=C1. The van der Waals surface area contributed by atoms with Gasteiger partial charge in [-0.2, -0.15) is 0 Å². The Kier molecular flexibility index (Phi) is 5.51. The molecular formula is C37H31N. The molecule has 0 aromatic heterocycles. The van der Waals surface area contributed by atoms with Gasteiger partial charge in [-0.1, -0.05) is 109 Å². The van der Waals surface area contributed by atoms with Gasteiger partial charge >= 0.3 is 0 Å². The van der Waals surface area contributed by atoms with Crippen LogP contribution in [0, 0.1) is 6.92 Å². The predicted molar refractivity (Wildman–Crippen MR) is 164 cm³/mol. The van der Waals surface area contributed by atoms with E-state index in [1.165, 1.54) is 77.0 Å². The van der Waals surface area contributed by atoms with Gasteiger partial charge in [0.15, 0.2) is 0 Å². The molecule has 1 heteroatoms. The fourth-order valence-corrected chi connectivity index (χ4v) is 6.39. The number of fused-ring (bicyclic) bond motifs is 3. The second kappa shape index (κ2) is 9.19. The molecule has 0 unspecified atom stereocenters. The van der Waals surface area contributed by atoms with Crippen LogP contribution in [0.3, 0.4) is 0 Å². The van der Waals surface area contributed by atoms with Crippen LogP contribution in [0.15, 0.2) is 126 Å². The lowest BCUT2D eigenvalue weighted by Crippen LogP contribution is -2.19. The van der Waals surface area contributed by atoms with Crippen molar-refractivity contribution in [2.45, 2.75) is 26.7 Å². The van der Waals surface area contributed by atoms with Crippen LogP contribution in [0.2, 0.25) is 0 Å². The van der Waals surface area contributed by atoms with Crippen molar-refractivity contribution in [1.82, 2.24) is 5.32 Å². The van der Waals surface area contributed by atoms with Gasteiger partial charge in [0, 0.05) is 12.2 Å². The first-order valence-corrected chi connectivity index (χ1v) is 13.6. The molecule has 0 spiro atoms. The van der Waals surface area contributed by atoms with Gasteiger partial charge in [-0.15, -0.1) is 0 Å². The molecule has 0 amide bonds. The summed E-state index contributed by atoms with van der Waals surface area (Å²) in [6, 6.07) is 31.4. The molecular weight excluding hydrogens is 458 g/mol. The zero-order chi connectivity index (χ0) is 25.6. The van der Waals surface area contributed by atoms with Crippen LogP contribution in [-0.4, -0.2) is 6.54 Å². The molecule has 5 aromatic carbocycles. The van der Waals surface area contributed by atoms with Crippen LogP contribution < -0.4 is 5.32 Å². The third-order valence-corrected chi connectivity index (χ3v) is 8.25. The maximum atomic E-state index is 3.56. The van der Waals surface area contributed by atoms with E-state index < -0.39 is 0 Å². The first-order valence-electron chi connectivity index (χ1n) is 13.6. The normalized spacial score (nSPS) is 15.6. The van der Waals surface area contributed by atoms with E-state index in [-0.39, 0.29) is 0 Å². The Bertz CT molecular complexity index is 1820. The lowest BCUT2D eigenvalue weighted by molar-refractivity contribution is 0.849. The van der Waals surface area contributed by atoms with E-state index in [1.807, 2.05) is 0 Å². The van der Waals surface area contributed by atoms with Gasteiger partial charge in [-0.3, -0.25) is 0 Å². The van der Waals surface area contributed by atoms with Crippen LogP contribution in [-0.2, 0) is 0 Å². The van der Waals surface area contributed by atoms with Crippen molar-refractivity contribution >= 4 is 37.9 Å². The molecule has 184 valence electrons. The fourth-order valence-electron chi connectivity index (χ4n) is 6.39. The monoisotopic (exact) mass is 489 g/mol. The second-order valence-corrected chi connectivity index (χ2v) is 10.6. The maximum Gasteiger partial charge on any atom is 0.0377 e. The maximum absolute atomic E-state index is 3.56. The van der Waals surface area contributed by atoms with E-state index in [0.717, 1.165) is 19.4 Å². The third-order valence-electron chi connectivity index (χ3n) is 8.25. The number of allylic oxidation sites excluding steroid dienone is 6. The van der Waals surface area contributed by atoms with Gasteiger partial charge in [0.2, 0.25) is 0 Å². The highest BCUT2D eigenvalue weighted by Gasteiger charge is 2.20. The molecule has 0 radical (unpaired) electrons. The summed E-state index contributed by atoms with van der Waals surface area (Å²) in [5.41, 5.74) is 10.8. The predicted octanol–water partition coefficient (Wildman–Crippen LogP) is 9.66. The smallest absolute Gasteiger partial charge is 0.0377 e. The van der Waals surface area contributed by atoms with Crippen molar-refractivity contribution in [3.8, 4) is 11.1 Å². The molecule has 38 heavy (non-hydrogen) atoms. The van der Waals surface area contributed by atoms with Gasteiger partial charge < -0.3 is 5.32 Å². The van der Waals surface area contributed by atoms with Crippen LogP contribution in [0.1, 0.15) is 30.9 Å². The third kappa shape index (κ3) is 3.70. The molecule has 1 N–H and O–H groups in total. The van der Waals surface area contributed by atoms with Gasteiger partial charge in [0.1, 0.15) is 0 Å². The van der Waals surface area contributed by atoms with Crippen molar-refractivity contribution < 1.29 is 0 Å². The summed E-state index contributed by atoms with van der Waals surface area (Å²) < 4.78 is 0. The topological polar surface area (TPSA) is 12.0 Å². The van der Waals surface area contributed by atoms with Gasteiger partial charge in [0.05, 0.1) is 0 Å². The van der Waals surface area contributed by atoms with Gasteiger partial charge in [0.25, 0.3) is 0 Å². The quantitative estimate of drug-likeness (QED) is 0.249. The minimum Gasteiger partial charge on any atom is -0.381 e. The van der Waals surface area contributed by atoms with Gasteiger partial charge in [-0.05, 0) is 98.5 Å². The Balaban J connectivity index is 1.49. The van der Waals surface area contributed by atoms with Crippen molar-refractivity contribution in [3.05, 3.63) is 137 Å². The number of hydrogen-bond donors (Lipinski definition) is 1. The van der Waals surface area contributed by atoms with E-state index in [1.54, 1.807) is 0 Å². The van der Waals surface area contributed by atoms with Crippen LogP contribution in [0.25, 0.3) is 49.0 Å². The molecule has 0 atom stereocenters. The van der Waals surface area contributed by atoms with E-state index in [4.69, 9.17) is 0 Å². The molecule has 1 aliphatic heterocycles. The molecule has 0 saturated heterocycles. The number of rotatable bonds is 3. The number of hydrogen-bond acceptors (Lipinski definition) is 1. The molecule has 0 fully saturated rings. The van der Waals surface area contributed by atoms with Crippen LogP contribution in [0.5, 0.6) is 0 Å². The van der Waals surface area contributed by atoms with Crippen molar-refractivity contribution in [1.29, 1.82) is 0 Å². The average Bonchev–Trinajstić information content (AvgIpc) is 2.96. The first kappa shape index (κ1) is 22.8. The largest absolute Gasteiger partial charge is 0.381 e. The molecule has 1 nitrogen and oxygen atoms in total. The van der Waals surface area contributed by atoms with Crippen molar-refractivity contribution in [3.63, 3.8) is 0 Å². The summed E-state index contributed by atoms with van der Waals surface area (Å²) in [5.74, 6) is 0. The molecule has 0 bridgehead atoms. The Hall–Kier alpha value is -4.36. The molecule has 1 heterocycles. The highest BCUT2D eigenvalue weighted by atomic mass is 14.9. The molecule has 5 aromatic rings. The highest BCUT2D eigenvalue weighted by Crippen LogP contribution is 2.45. The number of benzene rings is 5. The van der Waals surface area contributed by atoms with Gasteiger partial charge in [-0.25, -0.2) is 0 Å². The summed E-state index contributed by atoms with van der Waals surface area (Å²) in [7, 11) is 0. The number of dihydropyridines is 1.